The summed E-state index contributed by atoms with van der Waals surface area (Å²) in [4.78, 5) is 2.41. The molecule has 0 N–H and O–H groups in total. The Balaban J connectivity index is 1.60. The molecule has 0 saturated carbocycles. The molecule has 0 bridgehead atoms. The minimum Gasteiger partial charge on any atom is -0.344 e. The zero-order valence-electron chi connectivity index (χ0n) is 19.5. The molecule has 0 atom stereocenters. The molecular weight excluding hydrogens is 386 g/mol. The van der Waals surface area contributed by atoms with Gasteiger partial charge < -0.3 is 4.90 Å². The van der Waals surface area contributed by atoms with Crippen molar-refractivity contribution < 1.29 is 0 Å². The van der Waals surface area contributed by atoms with Gasteiger partial charge in [-0.15, -0.1) is 0 Å². The molecule has 1 heteroatoms. The van der Waals surface area contributed by atoms with Crippen LogP contribution in [-0.4, -0.2) is 7.05 Å². The molecule has 4 aromatic rings. The molecule has 4 aromatic carbocycles. The van der Waals surface area contributed by atoms with E-state index in [-0.39, 0.29) is 10.8 Å². The first kappa shape index (κ1) is 19.4. The van der Waals surface area contributed by atoms with Crippen molar-refractivity contribution >= 4 is 11.4 Å². The molecule has 0 heterocycles. The molecule has 32 heavy (non-hydrogen) atoms. The highest BCUT2D eigenvalue weighted by Crippen LogP contribution is 2.55. The van der Waals surface area contributed by atoms with Crippen LogP contribution in [-0.2, 0) is 10.8 Å². The molecule has 0 spiro atoms. The fourth-order valence-corrected chi connectivity index (χ4v) is 6.16. The minimum absolute atomic E-state index is 0.00992. The SMILES string of the molecule is CN(c1cccc2c1-c1ccccc1C2(C)C)c1cccc2c1-c1ccccc1C2(C)C. The maximum Gasteiger partial charge on any atom is 0.0491 e. The maximum absolute atomic E-state index is 2.41. The molecular formula is C31H29N. The van der Waals surface area contributed by atoms with Gasteiger partial charge in [0.1, 0.15) is 0 Å². The van der Waals surface area contributed by atoms with Crippen molar-refractivity contribution in [2.45, 2.75) is 38.5 Å². The van der Waals surface area contributed by atoms with E-state index in [1.165, 1.54) is 55.9 Å². The first-order valence-electron chi connectivity index (χ1n) is 11.5. The van der Waals surface area contributed by atoms with Gasteiger partial charge in [-0.25, -0.2) is 0 Å². The minimum atomic E-state index is 0.00992. The van der Waals surface area contributed by atoms with Gasteiger partial charge in [-0.3, -0.25) is 0 Å². The zero-order chi connectivity index (χ0) is 22.3. The number of hydrogen-bond acceptors (Lipinski definition) is 1. The van der Waals surface area contributed by atoms with Crippen LogP contribution in [0.25, 0.3) is 22.3 Å². The van der Waals surface area contributed by atoms with Crippen LogP contribution >= 0.6 is 0 Å². The molecule has 0 radical (unpaired) electrons. The zero-order valence-corrected chi connectivity index (χ0v) is 19.5. The standard InChI is InChI=1S/C31H29N/c1-30(2)22-14-8-6-12-20(22)28-24(30)16-10-18-26(28)32(5)27-19-11-17-25-29(27)21-13-7-9-15-23(21)31(25,3)4/h6-19H,1-5H3. The molecule has 1 nitrogen and oxygen atoms in total. The van der Waals surface area contributed by atoms with Gasteiger partial charge in [0.05, 0.1) is 0 Å². The van der Waals surface area contributed by atoms with Crippen LogP contribution in [0.1, 0.15) is 49.9 Å². The Bertz CT molecular complexity index is 1280. The van der Waals surface area contributed by atoms with Crippen LogP contribution in [0.3, 0.4) is 0 Å². The van der Waals surface area contributed by atoms with E-state index in [1.807, 2.05) is 0 Å². The summed E-state index contributed by atoms with van der Waals surface area (Å²) < 4.78 is 0. The van der Waals surface area contributed by atoms with Crippen molar-refractivity contribution in [3.8, 4) is 22.3 Å². The topological polar surface area (TPSA) is 3.24 Å². The van der Waals surface area contributed by atoms with Gasteiger partial charge in [-0.1, -0.05) is 100 Å². The summed E-state index contributed by atoms with van der Waals surface area (Å²) in [6.07, 6.45) is 0. The second kappa shape index (κ2) is 6.36. The summed E-state index contributed by atoms with van der Waals surface area (Å²) in [7, 11) is 2.23. The number of hydrogen-bond donors (Lipinski definition) is 0. The average molecular weight is 416 g/mol. The molecule has 6 rings (SSSR count). The summed E-state index contributed by atoms with van der Waals surface area (Å²) in [6, 6.07) is 31.4. The summed E-state index contributed by atoms with van der Waals surface area (Å²) in [5.74, 6) is 0. The third kappa shape index (κ3) is 2.34. The number of benzene rings is 4. The Morgan fingerprint density at radius 1 is 0.469 bits per heavy atom. The van der Waals surface area contributed by atoms with E-state index in [2.05, 4.69) is 125 Å². The number of rotatable bonds is 2. The van der Waals surface area contributed by atoms with Crippen LogP contribution in [0.5, 0.6) is 0 Å². The highest BCUT2D eigenvalue weighted by Gasteiger charge is 2.39. The van der Waals surface area contributed by atoms with Gasteiger partial charge in [0, 0.05) is 40.4 Å². The second-order valence-electron chi connectivity index (χ2n) is 10.3. The van der Waals surface area contributed by atoms with Crippen LogP contribution in [0, 0.1) is 0 Å². The normalized spacial score (nSPS) is 16.2. The Morgan fingerprint density at radius 2 is 0.844 bits per heavy atom. The first-order valence-corrected chi connectivity index (χ1v) is 11.5. The lowest BCUT2D eigenvalue weighted by molar-refractivity contribution is 0.660. The number of anilines is 2. The van der Waals surface area contributed by atoms with Crippen LogP contribution < -0.4 is 4.90 Å². The summed E-state index contributed by atoms with van der Waals surface area (Å²) in [6.45, 7) is 9.39. The van der Waals surface area contributed by atoms with Gasteiger partial charge in [-0.2, -0.15) is 0 Å². The van der Waals surface area contributed by atoms with Crippen molar-refractivity contribution in [1.29, 1.82) is 0 Å². The summed E-state index contributed by atoms with van der Waals surface area (Å²) in [5, 5.41) is 0. The number of fused-ring (bicyclic) bond motifs is 6. The second-order valence-corrected chi connectivity index (χ2v) is 10.3. The fourth-order valence-electron chi connectivity index (χ4n) is 6.16. The third-order valence-corrected chi connectivity index (χ3v) is 7.89. The molecule has 0 saturated heterocycles. The van der Waals surface area contributed by atoms with Crippen LogP contribution in [0.4, 0.5) is 11.4 Å². The van der Waals surface area contributed by atoms with Gasteiger partial charge in [-0.05, 0) is 45.5 Å². The Hall–Kier alpha value is -3.32. The van der Waals surface area contributed by atoms with E-state index < -0.39 is 0 Å². The van der Waals surface area contributed by atoms with E-state index in [9.17, 15) is 0 Å². The van der Waals surface area contributed by atoms with E-state index in [0.717, 1.165) is 0 Å². The van der Waals surface area contributed by atoms with Crippen LogP contribution in [0.2, 0.25) is 0 Å². The highest BCUT2D eigenvalue weighted by molar-refractivity contribution is 5.96. The molecule has 0 amide bonds. The molecule has 2 aliphatic carbocycles. The van der Waals surface area contributed by atoms with E-state index in [4.69, 9.17) is 0 Å². The van der Waals surface area contributed by atoms with Crippen molar-refractivity contribution in [2.24, 2.45) is 0 Å². The first-order chi connectivity index (χ1) is 15.3. The van der Waals surface area contributed by atoms with Crippen molar-refractivity contribution in [3.05, 3.63) is 107 Å². The lowest BCUT2D eigenvalue weighted by Crippen LogP contribution is -2.17. The van der Waals surface area contributed by atoms with E-state index >= 15 is 0 Å². The average Bonchev–Trinajstić information content (AvgIpc) is 3.19. The Morgan fingerprint density at radius 3 is 1.28 bits per heavy atom. The third-order valence-electron chi connectivity index (χ3n) is 7.89. The predicted molar refractivity (Wildman–Crippen MR) is 136 cm³/mol. The number of nitrogens with zero attached hydrogens (tertiary/aromatic N) is 1. The quantitative estimate of drug-likeness (QED) is 0.320. The maximum atomic E-state index is 2.41. The van der Waals surface area contributed by atoms with Crippen molar-refractivity contribution in [2.75, 3.05) is 11.9 Å². The molecule has 158 valence electrons. The monoisotopic (exact) mass is 415 g/mol. The molecule has 2 aliphatic rings. The Kier molecular flexibility index (Phi) is 3.85. The summed E-state index contributed by atoms with van der Waals surface area (Å²) >= 11 is 0. The predicted octanol–water partition coefficient (Wildman–Crippen LogP) is 8.07. The van der Waals surface area contributed by atoms with Crippen molar-refractivity contribution in [1.82, 2.24) is 0 Å². The van der Waals surface area contributed by atoms with Crippen molar-refractivity contribution in [3.63, 3.8) is 0 Å². The smallest absolute Gasteiger partial charge is 0.0491 e. The molecule has 0 aromatic heterocycles. The molecule has 0 aliphatic heterocycles. The Labute approximate surface area is 191 Å². The molecule has 0 unspecified atom stereocenters. The molecule has 0 fully saturated rings. The van der Waals surface area contributed by atoms with E-state index in [1.54, 1.807) is 0 Å². The largest absolute Gasteiger partial charge is 0.344 e. The van der Waals surface area contributed by atoms with Gasteiger partial charge in [0.2, 0.25) is 0 Å². The summed E-state index contributed by atoms with van der Waals surface area (Å²) in [5.41, 5.74) is 13.7. The van der Waals surface area contributed by atoms with E-state index in [0.29, 0.717) is 0 Å². The fraction of sp³-hybridized carbons (Fsp3) is 0.226. The lowest BCUT2D eigenvalue weighted by Gasteiger charge is -2.27. The van der Waals surface area contributed by atoms with Gasteiger partial charge >= 0.3 is 0 Å². The van der Waals surface area contributed by atoms with Gasteiger partial charge in [0.15, 0.2) is 0 Å². The van der Waals surface area contributed by atoms with Crippen LogP contribution in [0.15, 0.2) is 84.9 Å². The lowest BCUT2D eigenvalue weighted by atomic mass is 9.82. The van der Waals surface area contributed by atoms with Gasteiger partial charge in [0.25, 0.3) is 0 Å². The highest BCUT2D eigenvalue weighted by atomic mass is 15.1.